The Morgan fingerprint density at radius 3 is 2.26 bits per heavy atom. The van der Waals surface area contributed by atoms with Crippen molar-refractivity contribution in [1.29, 1.82) is 0 Å². The Hall–Kier alpha value is -1.62. The lowest BCUT2D eigenvalue weighted by molar-refractivity contribution is -0.384. The van der Waals surface area contributed by atoms with E-state index in [0.29, 0.717) is 17.8 Å². The van der Waals surface area contributed by atoms with Crippen LogP contribution in [0.3, 0.4) is 0 Å². The second-order valence-corrected chi connectivity index (χ2v) is 5.68. The highest BCUT2D eigenvalue weighted by molar-refractivity contribution is 5.36. The third-order valence-corrected chi connectivity index (χ3v) is 3.46. The van der Waals surface area contributed by atoms with E-state index in [1.807, 2.05) is 0 Å². The lowest BCUT2D eigenvalue weighted by Gasteiger charge is -2.41. The predicted molar refractivity (Wildman–Crippen MR) is 73.4 cm³/mol. The van der Waals surface area contributed by atoms with Crippen LogP contribution in [-0.4, -0.2) is 22.6 Å². The average Bonchev–Trinajstić information content (AvgIpc) is 2.26. The van der Waals surface area contributed by atoms with Gasteiger partial charge in [-0.3, -0.25) is 10.1 Å². The molecule has 0 radical (unpaired) electrons. The number of nitrogens with zero attached hydrogens (tertiary/aromatic N) is 1. The summed E-state index contributed by atoms with van der Waals surface area (Å²) in [5.41, 5.74) is -0.134. The maximum atomic E-state index is 10.6. The minimum atomic E-state index is -0.403. The number of non-ortho nitro benzene ring substituents is 1. The molecule has 0 spiro atoms. The Bertz CT molecular complexity index is 448. The predicted octanol–water partition coefficient (Wildman–Crippen LogP) is 2.89. The molecule has 1 aromatic carbocycles. The summed E-state index contributed by atoms with van der Waals surface area (Å²) >= 11 is 0. The van der Waals surface area contributed by atoms with E-state index in [0.717, 1.165) is 12.8 Å². The monoisotopic (exact) mass is 264 g/mol. The van der Waals surface area contributed by atoms with Crippen molar-refractivity contribution in [2.45, 2.75) is 51.3 Å². The third-order valence-electron chi connectivity index (χ3n) is 3.46. The molecule has 5 heteroatoms. The molecule has 1 aliphatic rings. The Morgan fingerprint density at radius 1 is 1.26 bits per heavy atom. The summed E-state index contributed by atoms with van der Waals surface area (Å²) in [7, 11) is 0. The van der Waals surface area contributed by atoms with E-state index < -0.39 is 4.92 Å². The molecule has 2 rings (SSSR count). The molecule has 104 valence electrons. The van der Waals surface area contributed by atoms with Crippen LogP contribution in [0.5, 0.6) is 5.75 Å². The summed E-state index contributed by atoms with van der Waals surface area (Å²) in [5.74, 6) is 0.689. The largest absolute Gasteiger partial charge is 0.487 e. The normalized spacial score (nSPS) is 30.9. The van der Waals surface area contributed by atoms with Crippen LogP contribution in [0.1, 0.15) is 33.6 Å². The minimum Gasteiger partial charge on any atom is -0.487 e. The fourth-order valence-electron chi connectivity index (χ4n) is 2.99. The van der Waals surface area contributed by atoms with Gasteiger partial charge in [-0.25, -0.2) is 0 Å². The Labute approximate surface area is 113 Å². The topological polar surface area (TPSA) is 64.4 Å². The number of piperidine rings is 1. The molecule has 0 aliphatic carbocycles. The number of nitrogens with one attached hydrogen (secondary N) is 1. The van der Waals surface area contributed by atoms with Crippen molar-refractivity contribution in [1.82, 2.24) is 5.32 Å². The highest BCUT2D eigenvalue weighted by Gasteiger charge is 2.35. The Kier molecular flexibility index (Phi) is 3.75. The van der Waals surface area contributed by atoms with E-state index >= 15 is 0 Å². The standard InChI is InChI=1S/C14H20N2O3/c1-10-8-14(3,9-11(2)15-10)19-13-6-4-12(5-7-13)16(17)18/h4-7,10-11,15H,8-9H2,1-3H3. The number of nitro benzene ring substituents is 1. The highest BCUT2D eigenvalue weighted by atomic mass is 16.6. The maximum absolute atomic E-state index is 10.6. The van der Waals surface area contributed by atoms with Gasteiger partial charge in [0.1, 0.15) is 11.4 Å². The fraction of sp³-hybridized carbons (Fsp3) is 0.571. The number of benzene rings is 1. The van der Waals surface area contributed by atoms with E-state index in [4.69, 9.17) is 4.74 Å². The zero-order chi connectivity index (χ0) is 14.0. The van der Waals surface area contributed by atoms with Crippen molar-refractivity contribution < 1.29 is 9.66 Å². The molecule has 0 saturated carbocycles. The first-order valence-corrected chi connectivity index (χ1v) is 6.57. The molecular formula is C14H20N2O3. The van der Waals surface area contributed by atoms with Gasteiger partial charge in [-0.15, -0.1) is 0 Å². The van der Waals surface area contributed by atoms with Gasteiger partial charge in [-0.05, 0) is 32.9 Å². The molecule has 1 N–H and O–H groups in total. The summed E-state index contributed by atoms with van der Waals surface area (Å²) < 4.78 is 6.06. The van der Waals surface area contributed by atoms with Gasteiger partial charge in [0.25, 0.3) is 5.69 Å². The fourth-order valence-corrected chi connectivity index (χ4v) is 2.99. The first-order valence-electron chi connectivity index (χ1n) is 6.57. The molecule has 1 heterocycles. The molecule has 0 aromatic heterocycles. The molecule has 1 aromatic rings. The molecule has 1 fully saturated rings. The van der Waals surface area contributed by atoms with Crippen LogP contribution >= 0.6 is 0 Å². The molecule has 0 bridgehead atoms. The van der Waals surface area contributed by atoms with Gasteiger partial charge in [0.15, 0.2) is 0 Å². The molecule has 1 saturated heterocycles. The highest BCUT2D eigenvalue weighted by Crippen LogP contribution is 2.31. The smallest absolute Gasteiger partial charge is 0.269 e. The summed E-state index contributed by atoms with van der Waals surface area (Å²) in [6, 6.07) is 7.11. The van der Waals surface area contributed by atoms with Gasteiger partial charge in [-0.1, -0.05) is 0 Å². The van der Waals surface area contributed by atoms with Crippen LogP contribution in [0, 0.1) is 10.1 Å². The van der Waals surface area contributed by atoms with E-state index in [9.17, 15) is 10.1 Å². The van der Waals surface area contributed by atoms with Crippen molar-refractivity contribution in [3.63, 3.8) is 0 Å². The molecule has 19 heavy (non-hydrogen) atoms. The SMILES string of the molecule is CC1CC(C)(Oc2ccc([N+](=O)[O-])cc2)CC(C)N1. The van der Waals surface area contributed by atoms with Crippen LogP contribution in [0.25, 0.3) is 0 Å². The van der Waals surface area contributed by atoms with Crippen LogP contribution in [0.2, 0.25) is 0 Å². The zero-order valence-electron chi connectivity index (χ0n) is 11.6. The average molecular weight is 264 g/mol. The van der Waals surface area contributed by atoms with Gasteiger partial charge in [0, 0.05) is 37.1 Å². The number of ether oxygens (including phenoxy) is 1. The zero-order valence-corrected chi connectivity index (χ0v) is 11.6. The molecule has 0 amide bonds. The van der Waals surface area contributed by atoms with Crippen LogP contribution in [0.4, 0.5) is 5.69 Å². The van der Waals surface area contributed by atoms with E-state index in [1.165, 1.54) is 12.1 Å². The lowest BCUT2D eigenvalue weighted by Crippen LogP contribution is -2.52. The quantitative estimate of drug-likeness (QED) is 0.673. The lowest BCUT2D eigenvalue weighted by atomic mass is 9.86. The summed E-state index contributed by atoms with van der Waals surface area (Å²) in [4.78, 5) is 10.2. The molecule has 2 atom stereocenters. The summed E-state index contributed by atoms with van der Waals surface area (Å²) in [6.45, 7) is 6.39. The number of hydrogen-bond donors (Lipinski definition) is 1. The van der Waals surface area contributed by atoms with Gasteiger partial charge in [-0.2, -0.15) is 0 Å². The second kappa shape index (κ2) is 5.17. The molecule has 2 unspecified atom stereocenters. The van der Waals surface area contributed by atoms with Gasteiger partial charge in [0.2, 0.25) is 0 Å². The van der Waals surface area contributed by atoms with Crippen LogP contribution in [0.15, 0.2) is 24.3 Å². The Morgan fingerprint density at radius 2 is 1.79 bits per heavy atom. The number of rotatable bonds is 3. The molecular weight excluding hydrogens is 244 g/mol. The van der Waals surface area contributed by atoms with Crippen molar-refractivity contribution in [3.8, 4) is 5.75 Å². The van der Waals surface area contributed by atoms with E-state index in [1.54, 1.807) is 12.1 Å². The minimum absolute atomic E-state index is 0.0875. The number of hydrogen-bond acceptors (Lipinski definition) is 4. The van der Waals surface area contributed by atoms with Crippen molar-refractivity contribution >= 4 is 5.69 Å². The third kappa shape index (κ3) is 3.44. The Balaban J connectivity index is 2.09. The summed E-state index contributed by atoms with van der Waals surface area (Å²) in [5, 5.41) is 14.1. The van der Waals surface area contributed by atoms with E-state index in [2.05, 4.69) is 26.1 Å². The number of nitro groups is 1. The van der Waals surface area contributed by atoms with Gasteiger partial charge < -0.3 is 10.1 Å². The second-order valence-electron chi connectivity index (χ2n) is 5.68. The maximum Gasteiger partial charge on any atom is 0.269 e. The van der Waals surface area contributed by atoms with E-state index in [-0.39, 0.29) is 11.3 Å². The molecule has 5 nitrogen and oxygen atoms in total. The van der Waals surface area contributed by atoms with Crippen LogP contribution in [-0.2, 0) is 0 Å². The first-order chi connectivity index (χ1) is 8.88. The first kappa shape index (κ1) is 13.8. The summed E-state index contributed by atoms with van der Waals surface area (Å²) in [6.07, 6.45) is 1.85. The van der Waals surface area contributed by atoms with Crippen molar-refractivity contribution in [2.75, 3.05) is 0 Å². The molecule has 1 aliphatic heterocycles. The van der Waals surface area contributed by atoms with Gasteiger partial charge in [0.05, 0.1) is 4.92 Å². The van der Waals surface area contributed by atoms with Crippen molar-refractivity contribution in [3.05, 3.63) is 34.4 Å². The van der Waals surface area contributed by atoms with Gasteiger partial charge >= 0.3 is 0 Å². The van der Waals surface area contributed by atoms with Crippen molar-refractivity contribution in [2.24, 2.45) is 0 Å². The van der Waals surface area contributed by atoms with Crippen LogP contribution < -0.4 is 10.1 Å².